The number of likely N-dealkylation sites (tertiary alicyclic amines) is 1. The van der Waals surface area contributed by atoms with Crippen LogP contribution in [0.2, 0.25) is 0 Å². The number of amides is 3. The number of morpholine rings is 1. The van der Waals surface area contributed by atoms with E-state index in [9.17, 15) is 31.2 Å². The van der Waals surface area contributed by atoms with E-state index < -0.39 is 38.9 Å². The third-order valence-corrected chi connectivity index (χ3v) is 11.9. The maximum absolute atomic E-state index is 14.4. The van der Waals surface area contributed by atoms with Crippen molar-refractivity contribution in [1.82, 2.24) is 29.7 Å². The maximum Gasteiger partial charge on any atom is 0.420 e. The highest BCUT2D eigenvalue weighted by Crippen LogP contribution is 2.42. The third kappa shape index (κ3) is 7.82. The highest BCUT2D eigenvalue weighted by molar-refractivity contribution is 7.91. The van der Waals surface area contributed by atoms with Crippen LogP contribution in [0, 0.1) is 5.92 Å². The van der Waals surface area contributed by atoms with E-state index in [1.54, 1.807) is 18.7 Å². The number of para-hydroxylation sites is 1. The van der Waals surface area contributed by atoms with Gasteiger partial charge in [-0.3, -0.25) is 14.6 Å². The number of sulfone groups is 1. The number of nitrogens with zero attached hydrogens (tertiary/aromatic N) is 6. The Hall–Kier alpha value is -4.06. The molecule has 3 fully saturated rings. The zero-order valence-electron chi connectivity index (χ0n) is 29.4. The number of carbonyl (C=O) groups excluding carboxylic acids is 2. The minimum atomic E-state index is -4.90. The van der Waals surface area contributed by atoms with E-state index in [0.29, 0.717) is 52.2 Å². The number of aromatic nitrogens is 2. The number of ether oxygens (including phenoxy) is 2. The van der Waals surface area contributed by atoms with Crippen LogP contribution in [0.25, 0.3) is 11.4 Å². The minimum absolute atomic E-state index is 0.0648. The molecular formula is C35H43F3N6O7S. The fourth-order valence-corrected chi connectivity index (χ4v) is 8.77. The van der Waals surface area contributed by atoms with E-state index in [1.807, 2.05) is 6.92 Å². The molecule has 3 amide bonds. The molecule has 3 saturated heterocycles. The van der Waals surface area contributed by atoms with Crippen molar-refractivity contribution in [3.63, 3.8) is 0 Å². The minimum Gasteiger partial charge on any atom is -0.455 e. The first-order valence-electron chi connectivity index (χ1n) is 17.4. The lowest BCUT2D eigenvalue weighted by Gasteiger charge is -2.42. The summed E-state index contributed by atoms with van der Waals surface area (Å²) in [5.74, 6) is -1.95. The normalized spacial score (nSPS) is 19.0. The van der Waals surface area contributed by atoms with Crippen LogP contribution in [0.3, 0.4) is 0 Å². The van der Waals surface area contributed by atoms with Crippen molar-refractivity contribution in [3.8, 4) is 22.9 Å². The number of benzene rings is 2. The average molecular weight is 749 g/mol. The van der Waals surface area contributed by atoms with Crippen LogP contribution < -0.4 is 4.74 Å². The van der Waals surface area contributed by atoms with Crippen molar-refractivity contribution in [1.29, 1.82) is 0 Å². The molecule has 6 rings (SSSR count). The molecule has 3 aliphatic rings. The molecule has 0 unspecified atom stereocenters. The van der Waals surface area contributed by atoms with Crippen LogP contribution in [0.15, 0.2) is 51.9 Å². The Bertz CT molecular complexity index is 1870. The molecule has 1 spiro atoms. The molecule has 17 heteroatoms. The van der Waals surface area contributed by atoms with Crippen molar-refractivity contribution in [2.45, 2.75) is 56.8 Å². The van der Waals surface area contributed by atoms with Crippen LogP contribution in [-0.4, -0.2) is 120 Å². The first-order chi connectivity index (χ1) is 24.7. The molecule has 52 heavy (non-hydrogen) atoms. The third-order valence-electron chi connectivity index (χ3n) is 9.76. The van der Waals surface area contributed by atoms with Gasteiger partial charge in [0.25, 0.3) is 5.91 Å². The molecule has 282 valence electrons. The van der Waals surface area contributed by atoms with Crippen molar-refractivity contribution < 1.29 is 45.2 Å². The summed E-state index contributed by atoms with van der Waals surface area (Å²) in [5.41, 5.74) is -2.26. The first kappa shape index (κ1) is 37.7. The number of alkyl halides is 3. The number of hydrogen-bond donors (Lipinski definition) is 0. The van der Waals surface area contributed by atoms with Crippen molar-refractivity contribution in [2.24, 2.45) is 5.92 Å². The van der Waals surface area contributed by atoms with E-state index in [1.165, 1.54) is 30.3 Å². The highest BCUT2D eigenvalue weighted by Gasteiger charge is 2.58. The van der Waals surface area contributed by atoms with Crippen molar-refractivity contribution in [3.05, 3.63) is 53.9 Å². The molecule has 13 nitrogen and oxygen atoms in total. The molecule has 0 N–H and O–H groups in total. The Kier molecular flexibility index (Phi) is 11.0. The van der Waals surface area contributed by atoms with E-state index in [4.69, 9.17) is 14.0 Å². The van der Waals surface area contributed by atoms with Crippen LogP contribution in [0.5, 0.6) is 11.5 Å². The van der Waals surface area contributed by atoms with Crippen LogP contribution >= 0.6 is 0 Å². The average Bonchev–Trinajstić information content (AvgIpc) is 3.65. The molecule has 3 aliphatic heterocycles. The van der Waals surface area contributed by atoms with Gasteiger partial charge in [0, 0.05) is 44.8 Å². The second kappa shape index (κ2) is 15.1. The Morgan fingerprint density at radius 1 is 0.962 bits per heavy atom. The zero-order valence-corrected chi connectivity index (χ0v) is 30.2. The fraction of sp³-hybridized carbons (Fsp3) is 0.543. The molecule has 2 aromatic carbocycles. The van der Waals surface area contributed by atoms with Gasteiger partial charge < -0.3 is 23.8 Å². The number of halogens is 3. The molecule has 0 atom stereocenters. The fourth-order valence-electron chi connectivity index (χ4n) is 7.01. The van der Waals surface area contributed by atoms with Gasteiger partial charge in [0.1, 0.15) is 28.5 Å². The predicted molar refractivity (Wildman–Crippen MR) is 182 cm³/mol. The zero-order chi connectivity index (χ0) is 37.3. The second-order valence-corrected chi connectivity index (χ2v) is 15.7. The Morgan fingerprint density at radius 2 is 1.67 bits per heavy atom. The molecular weight excluding hydrogens is 705 g/mol. The monoisotopic (exact) mass is 748 g/mol. The topological polar surface area (TPSA) is 139 Å². The van der Waals surface area contributed by atoms with E-state index in [-0.39, 0.29) is 52.0 Å². The molecule has 0 bridgehead atoms. The van der Waals surface area contributed by atoms with Gasteiger partial charge in [0.2, 0.25) is 11.7 Å². The summed E-state index contributed by atoms with van der Waals surface area (Å²) < 4.78 is 85.6. The quantitative estimate of drug-likeness (QED) is 0.233. The number of piperidine rings is 1. The number of rotatable bonds is 12. The van der Waals surface area contributed by atoms with E-state index >= 15 is 0 Å². The molecule has 3 aromatic rings. The van der Waals surface area contributed by atoms with E-state index in [2.05, 4.69) is 19.9 Å². The molecule has 0 radical (unpaired) electrons. The summed E-state index contributed by atoms with van der Waals surface area (Å²) in [6, 6.07) is 8.21. The summed E-state index contributed by atoms with van der Waals surface area (Å²) in [5, 5.41) is 3.87. The van der Waals surface area contributed by atoms with Crippen LogP contribution in [-0.2, 0) is 32.1 Å². The Balaban J connectivity index is 1.23. The number of imide groups is 1. The first-order valence-corrected chi connectivity index (χ1v) is 19.1. The van der Waals surface area contributed by atoms with Crippen molar-refractivity contribution in [2.75, 3.05) is 64.8 Å². The van der Waals surface area contributed by atoms with Crippen LogP contribution in [0.4, 0.5) is 18.0 Å². The standard InChI is InChI=1S/C35H43F3N6O7S/c1-4-41-13-11-34(12-14-41)32(45)43(33(46)44(34)16-15-42-17-19-49-20-18-42)22-30-39-31(40-51-30)25-9-10-27(26(21-25)35(36,37)38)50-28-7-5-6-8-29(28)52(47,48)23-24(2)3/h5-10,21,24H,4,11-20,22-23H2,1-3H3. The molecule has 0 aliphatic carbocycles. The molecule has 0 saturated carbocycles. The number of carbonyl (C=O) groups is 2. The maximum atomic E-state index is 14.4. The lowest BCUT2D eigenvalue weighted by Crippen LogP contribution is -2.57. The predicted octanol–water partition coefficient (Wildman–Crippen LogP) is 4.93. The molecule has 4 heterocycles. The molecule has 1 aromatic heterocycles. The lowest BCUT2D eigenvalue weighted by atomic mass is 9.85. The van der Waals surface area contributed by atoms with Gasteiger partial charge in [-0.2, -0.15) is 18.2 Å². The smallest absolute Gasteiger partial charge is 0.420 e. The number of urea groups is 1. The van der Waals surface area contributed by atoms with Gasteiger partial charge in [-0.1, -0.05) is 38.1 Å². The van der Waals surface area contributed by atoms with E-state index in [0.717, 1.165) is 36.7 Å². The van der Waals surface area contributed by atoms with Gasteiger partial charge >= 0.3 is 12.2 Å². The second-order valence-electron chi connectivity index (χ2n) is 13.7. The van der Waals surface area contributed by atoms with Crippen LogP contribution in [0.1, 0.15) is 45.1 Å². The highest BCUT2D eigenvalue weighted by atomic mass is 32.2. The van der Waals surface area contributed by atoms with Gasteiger partial charge in [0.15, 0.2) is 9.84 Å². The number of hydrogen-bond acceptors (Lipinski definition) is 11. The largest absolute Gasteiger partial charge is 0.455 e. The summed E-state index contributed by atoms with van der Waals surface area (Å²) >= 11 is 0. The van der Waals surface area contributed by atoms with Gasteiger partial charge in [-0.15, -0.1) is 0 Å². The lowest BCUT2D eigenvalue weighted by molar-refractivity contribution is -0.138. The summed E-state index contributed by atoms with van der Waals surface area (Å²) in [6.07, 6.45) is -3.95. The van der Waals surface area contributed by atoms with Gasteiger partial charge in [0.05, 0.1) is 24.5 Å². The Labute approximate surface area is 300 Å². The SMILES string of the molecule is CCN1CCC2(CC1)C(=O)N(Cc1nc(-c3ccc(Oc4ccccc4S(=O)(=O)CC(C)C)c(C(F)(F)F)c3)no1)C(=O)N2CCN1CCOCC1. The Morgan fingerprint density at radius 3 is 2.35 bits per heavy atom. The summed E-state index contributed by atoms with van der Waals surface area (Å²) in [6.45, 7) is 10.9. The van der Waals surface area contributed by atoms with Gasteiger partial charge in [-0.05, 0) is 55.6 Å². The summed E-state index contributed by atoms with van der Waals surface area (Å²) in [7, 11) is -3.85. The van der Waals surface area contributed by atoms with Gasteiger partial charge in [-0.25, -0.2) is 13.2 Å². The van der Waals surface area contributed by atoms with Crippen molar-refractivity contribution >= 4 is 21.8 Å². The summed E-state index contributed by atoms with van der Waals surface area (Å²) in [4.78, 5) is 39.2.